The van der Waals surface area contributed by atoms with Gasteiger partial charge in [-0.3, -0.25) is 4.79 Å². The molecule has 2 aromatic rings. The van der Waals surface area contributed by atoms with Crippen LogP contribution in [0.15, 0.2) is 28.7 Å². The van der Waals surface area contributed by atoms with E-state index < -0.39 is 0 Å². The Balaban J connectivity index is 1.14. The number of nitrogens with one attached hydrogen (secondary N) is 1. The van der Waals surface area contributed by atoms with Crippen LogP contribution in [0.4, 0.5) is 0 Å². The Bertz CT molecular complexity index is 897. The van der Waals surface area contributed by atoms with E-state index in [4.69, 9.17) is 16.0 Å². The highest BCUT2D eigenvalue weighted by Gasteiger charge is 2.53. The molecule has 30 heavy (non-hydrogen) atoms. The van der Waals surface area contributed by atoms with Crippen molar-refractivity contribution in [3.63, 3.8) is 0 Å². The molecule has 1 aromatic heterocycles. The third kappa shape index (κ3) is 3.77. The normalized spacial score (nSPS) is 23.7. The molecule has 6 heteroatoms. The summed E-state index contributed by atoms with van der Waals surface area (Å²) in [6.07, 6.45) is 12.1. The van der Waals surface area contributed by atoms with Crippen LogP contribution < -0.4 is 5.32 Å². The van der Waals surface area contributed by atoms with Gasteiger partial charge in [-0.15, -0.1) is 10.2 Å². The summed E-state index contributed by atoms with van der Waals surface area (Å²) in [6, 6.07) is 7.93. The van der Waals surface area contributed by atoms with E-state index in [1.807, 2.05) is 12.1 Å². The molecule has 3 saturated carbocycles. The monoisotopic (exact) mass is 427 g/mol. The van der Waals surface area contributed by atoms with E-state index in [0.29, 0.717) is 36.0 Å². The standard InChI is InChI=1S/C24H30ClN3O2/c25-19-7-5-17(6-8-19)24(13-4-14-24)22-28-27-21(30-22)10-9-20(29)26-16-18-15-23(18)11-2-1-3-12-23/h5-8,18H,1-4,9-16H2,(H,26,29)/t18-/m0/s1. The van der Waals surface area contributed by atoms with Crippen molar-refractivity contribution >= 4 is 17.5 Å². The van der Waals surface area contributed by atoms with Gasteiger partial charge in [-0.1, -0.05) is 49.4 Å². The first-order chi connectivity index (χ1) is 14.6. The zero-order valence-electron chi connectivity index (χ0n) is 17.5. The third-order valence-electron chi connectivity index (χ3n) is 7.80. The number of amides is 1. The highest BCUT2D eigenvalue weighted by atomic mass is 35.5. The van der Waals surface area contributed by atoms with Gasteiger partial charge in [0.15, 0.2) is 0 Å². The summed E-state index contributed by atoms with van der Waals surface area (Å²) in [7, 11) is 0. The molecule has 3 aliphatic carbocycles. The number of nitrogens with zero attached hydrogens (tertiary/aromatic N) is 2. The Morgan fingerprint density at radius 1 is 1.07 bits per heavy atom. The average molecular weight is 428 g/mol. The van der Waals surface area contributed by atoms with Crippen LogP contribution in [0.2, 0.25) is 5.02 Å². The molecular formula is C24H30ClN3O2. The molecular weight excluding hydrogens is 398 g/mol. The Hall–Kier alpha value is -1.88. The van der Waals surface area contributed by atoms with E-state index in [1.165, 1.54) is 44.1 Å². The summed E-state index contributed by atoms with van der Waals surface area (Å²) in [6.45, 7) is 0.827. The Morgan fingerprint density at radius 2 is 1.83 bits per heavy atom. The SMILES string of the molecule is O=C(CCc1nnc(C2(c3ccc(Cl)cc3)CCC2)o1)NC[C@@H]1CC12CCCCC2. The molecule has 5 rings (SSSR count). The minimum absolute atomic E-state index is 0.0867. The predicted molar refractivity (Wildman–Crippen MR) is 115 cm³/mol. The second-order valence-corrected chi connectivity index (χ2v) is 10.0. The predicted octanol–water partition coefficient (Wildman–Crippen LogP) is 5.21. The first-order valence-corrected chi connectivity index (χ1v) is 11.8. The van der Waals surface area contributed by atoms with Crippen LogP contribution in [0.1, 0.15) is 81.6 Å². The van der Waals surface area contributed by atoms with Gasteiger partial charge in [0.05, 0.1) is 5.41 Å². The summed E-state index contributed by atoms with van der Waals surface area (Å²) in [5.41, 5.74) is 1.54. The van der Waals surface area contributed by atoms with Gasteiger partial charge in [-0.25, -0.2) is 0 Å². The minimum atomic E-state index is -0.196. The van der Waals surface area contributed by atoms with Crippen molar-refractivity contribution < 1.29 is 9.21 Å². The third-order valence-corrected chi connectivity index (χ3v) is 8.05. The van der Waals surface area contributed by atoms with Crippen molar-refractivity contribution in [3.8, 4) is 0 Å². The molecule has 1 atom stereocenters. The maximum Gasteiger partial charge on any atom is 0.227 e. The van der Waals surface area contributed by atoms with E-state index >= 15 is 0 Å². The number of hydrogen-bond donors (Lipinski definition) is 1. The topological polar surface area (TPSA) is 68.0 Å². The number of hydrogen-bond acceptors (Lipinski definition) is 4. The van der Waals surface area contributed by atoms with E-state index in [-0.39, 0.29) is 11.3 Å². The van der Waals surface area contributed by atoms with Gasteiger partial charge in [-0.05, 0) is 61.1 Å². The number of aromatic nitrogens is 2. The van der Waals surface area contributed by atoms with Crippen LogP contribution >= 0.6 is 11.6 Å². The van der Waals surface area contributed by atoms with Crippen LogP contribution in [0, 0.1) is 11.3 Å². The van der Waals surface area contributed by atoms with Gasteiger partial charge in [-0.2, -0.15) is 0 Å². The fraction of sp³-hybridized carbons (Fsp3) is 0.625. The van der Waals surface area contributed by atoms with E-state index in [2.05, 4.69) is 27.6 Å². The molecule has 1 N–H and O–H groups in total. The molecule has 3 aliphatic rings. The van der Waals surface area contributed by atoms with Gasteiger partial charge < -0.3 is 9.73 Å². The van der Waals surface area contributed by atoms with Crippen LogP contribution in [-0.4, -0.2) is 22.6 Å². The lowest BCUT2D eigenvalue weighted by molar-refractivity contribution is -0.121. The number of carbonyl (C=O) groups is 1. The average Bonchev–Trinajstić information content (AvgIpc) is 3.16. The Morgan fingerprint density at radius 3 is 2.53 bits per heavy atom. The largest absolute Gasteiger partial charge is 0.424 e. The molecule has 3 fully saturated rings. The lowest BCUT2D eigenvalue weighted by Gasteiger charge is -2.39. The van der Waals surface area contributed by atoms with Crippen molar-refractivity contribution in [1.29, 1.82) is 0 Å². The van der Waals surface area contributed by atoms with Gasteiger partial charge in [0.2, 0.25) is 17.7 Å². The van der Waals surface area contributed by atoms with Crippen LogP contribution in [0.25, 0.3) is 0 Å². The van der Waals surface area contributed by atoms with Gasteiger partial charge >= 0.3 is 0 Å². The zero-order valence-corrected chi connectivity index (χ0v) is 18.2. The smallest absolute Gasteiger partial charge is 0.227 e. The zero-order chi connectivity index (χ0) is 20.6. The van der Waals surface area contributed by atoms with Crippen LogP contribution in [0.3, 0.4) is 0 Å². The summed E-state index contributed by atoms with van der Waals surface area (Å²) in [5.74, 6) is 2.00. The molecule has 5 nitrogen and oxygen atoms in total. The number of carbonyl (C=O) groups excluding carboxylic acids is 1. The summed E-state index contributed by atoms with van der Waals surface area (Å²) in [5, 5.41) is 12.4. The fourth-order valence-corrected chi connectivity index (χ4v) is 5.73. The maximum absolute atomic E-state index is 12.3. The van der Waals surface area contributed by atoms with Crippen molar-refractivity contribution in [2.45, 2.75) is 76.0 Å². The van der Waals surface area contributed by atoms with Gasteiger partial charge in [0.1, 0.15) is 0 Å². The summed E-state index contributed by atoms with van der Waals surface area (Å²) >= 11 is 6.05. The number of aryl methyl sites for hydroxylation is 1. The number of benzene rings is 1. The molecule has 0 bridgehead atoms. The quantitative estimate of drug-likeness (QED) is 0.658. The minimum Gasteiger partial charge on any atom is -0.424 e. The number of rotatable bonds is 7. The molecule has 0 saturated heterocycles. The number of halogens is 1. The van der Waals surface area contributed by atoms with E-state index in [1.54, 1.807) is 0 Å². The van der Waals surface area contributed by atoms with Crippen molar-refractivity contribution in [2.75, 3.05) is 6.54 Å². The van der Waals surface area contributed by atoms with Gasteiger partial charge in [0, 0.05) is 24.4 Å². The van der Waals surface area contributed by atoms with Crippen LogP contribution in [0.5, 0.6) is 0 Å². The first-order valence-electron chi connectivity index (χ1n) is 11.5. The maximum atomic E-state index is 12.3. The molecule has 1 spiro atoms. The van der Waals surface area contributed by atoms with E-state index in [0.717, 1.165) is 30.8 Å². The molecule has 160 valence electrons. The molecule has 0 aliphatic heterocycles. The highest BCUT2D eigenvalue weighted by molar-refractivity contribution is 6.30. The first kappa shape index (κ1) is 20.0. The highest BCUT2D eigenvalue weighted by Crippen LogP contribution is 2.61. The van der Waals surface area contributed by atoms with E-state index in [9.17, 15) is 4.79 Å². The Labute approximate surface area is 183 Å². The molecule has 0 radical (unpaired) electrons. The molecule has 1 heterocycles. The second kappa shape index (κ2) is 7.99. The lowest BCUT2D eigenvalue weighted by atomic mass is 9.64. The molecule has 1 aromatic carbocycles. The lowest BCUT2D eigenvalue weighted by Crippen LogP contribution is -2.35. The van der Waals surface area contributed by atoms with Crippen molar-refractivity contribution in [3.05, 3.63) is 46.6 Å². The Kier molecular flexibility index (Phi) is 5.34. The van der Waals surface area contributed by atoms with Crippen molar-refractivity contribution in [2.24, 2.45) is 11.3 Å². The molecule has 0 unspecified atom stereocenters. The summed E-state index contributed by atoms with van der Waals surface area (Å²) in [4.78, 5) is 12.3. The summed E-state index contributed by atoms with van der Waals surface area (Å²) < 4.78 is 6.02. The molecule has 1 amide bonds. The van der Waals surface area contributed by atoms with Crippen LogP contribution in [-0.2, 0) is 16.6 Å². The fourth-order valence-electron chi connectivity index (χ4n) is 5.61. The second-order valence-electron chi connectivity index (χ2n) is 9.57. The van der Waals surface area contributed by atoms with Gasteiger partial charge in [0.25, 0.3) is 0 Å². The van der Waals surface area contributed by atoms with Crippen molar-refractivity contribution in [1.82, 2.24) is 15.5 Å².